The molecule has 116 valence electrons. The fourth-order valence-corrected chi connectivity index (χ4v) is 2.12. The van der Waals surface area contributed by atoms with Crippen LogP contribution in [-0.4, -0.2) is 31.5 Å². The van der Waals surface area contributed by atoms with Crippen LogP contribution in [0.3, 0.4) is 0 Å². The van der Waals surface area contributed by atoms with Gasteiger partial charge in [0.2, 0.25) is 0 Å². The number of nitrogens with zero attached hydrogens (tertiary/aromatic N) is 2. The number of aromatic nitrogens is 1. The Labute approximate surface area is 133 Å². The second-order valence-corrected chi connectivity index (χ2v) is 5.45. The van der Waals surface area contributed by atoms with E-state index < -0.39 is 0 Å². The van der Waals surface area contributed by atoms with Gasteiger partial charge in [-0.25, -0.2) is 9.37 Å². The minimum Gasteiger partial charge on any atom is -0.363 e. The monoisotopic (exact) mass is 321 g/mol. The quantitative estimate of drug-likeness (QED) is 0.861. The van der Waals surface area contributed by atoms with Crippen molar-refractivity contribution in [1.82, 2.24) is 10.3 Å². The van der Waals surface area contributed by atoms with Crippen LogP contribution >= 0.6 is 11.6 Å². The molecule has 0 unspecified atom stereocenters. The van der Waals surface area contributed by atoms with Crippen molar-refractivity contribution in [3.8, 4) is 0 Å². The Bertz CT molecular complexity index is 659. The first-order chi connectivity index (χ1) is 10.5. The fraction of sp³-hybridized carbons (Fsp3) is 0.250. The number of anilines is 1. The number of pyridine rings is 1. The number of hydrogen-bond donors (Lipinski definition) is 1. The van der Waals surface area contributed by atoms with E-state index in [4.69, 9.17) is 11.6 Å². The summed E-state index contributed by atoms with van der Waals surface area (Å²) in [5.41, 5.74) is 1.42. The first-order valence-electron chi connectivity index (χ1n) is 6.83. The summed E-state index contributed by atoms with van der Waals surface area (Å²) in [6.45, 7) is 0.460. The predicted octanol–water partition coefficient (Wildman–Crippen LogP) is 2.91. The minimum atomic E-state index is -0.268. The van der Waals surface area contributed by atoms with Crippen LogP contribution < -0.4 is 10.2 Å². The number of benzene rings is 1. The summed E-state index contributed by atoms with van der Waals surface area (Å²) >= 11 is 5.93. The Hall–Kier alpha value is -2.14. The number of hydrogen-bond acceptors (Lipinski definition) is 3. The number of rotatable bonds is 5. The molecular formula is C16H17ClFN3O. The van der Waals surface area contributed by atoms with Crippen LogP contribution in [0.25, 0.3) is 0 Å². The summed E-state index contributed by atoms with van der Waals surface area (Å²) in [5.74, 6) is 0.140. The van der Waals surface area contributed by atoms with Gasteiger partial charge in [-0.2, -0.15) is 0 Å². The van der Waals surface area contributed by atoms with Crippen LogP contribution in [0, 0.1) is 5.82 Å². The molecule has 0 bridgehead atoms. The summed E-state index contributed by atoms with van der Waals surface area (Å²) in [5, 5.41) is 3.09. The van der Waals surface area contributed by atoms with Crippen molar-refractivity contribution in [2.45, 2.75) is 6.42 Å². The number of nitrogens with one attached hydrogen (secondary N) is 1. The smallest absolute Gasteiger partial charge is 0.251 e. The molecule has 22 heavy (non-hydrogen) atoms. The van der Waals surface area contributed by atoms with Gasteiger partial charge in [0.25, 0.3) is 5.91 Å². The molecule has 0 aliphatic carbocycles. The maximum atomic E-state index is 12.8. The molecule has 0 atom stereocenters. The molecular weight excluding hydrogens is 305 g/mol. The van der Waals surface area contributed by atoms with Crippen molar-refractivity contribution in [1.29, 1.82) is 0 Å². The second-order valence-electron chi connectivity index (χ2n) is 5.06. The highest BCUT2D eigenvalue weighted by Crippen LogP contribution is 2.16. The third kappa shape index (κ3) is 4.43. The Morgan fingerprint density at radius 2 is 1.95 bits per heavy atom. The number of carbonyl (C=O) groups excluding carboxylic acids is 1. The van der Waals surface area contributed by atoms with Crippen molar-refractivity contribution < 1.29 is 9.18 Å². The lowest BCUT2D eigenvalue weighted by molar-refractivity contribution is 0.0954. The average molecular weight is 322 g/mol. The van der Waals surface area contributed by atoms with Crippen LogP contribution in [-0.2, 0) is 6.42 Å². The summed E-state index contributed by atoms with van der Waals surface area (Å²) in [6, 6.07) is 9.43. The molecule has 1 amide bonds. The molecule has 1 aromatic heterocycles. The Balaban J connectivity index is 1.96. The zero-order valence-corrected chi connectivity index (χ0v) is 13.2. The molecule has 1 heterocycles. The van der Waals surface area contributed by atoms with Crippen molar-refractivity contribution in [3.63, 3.8) is 0 Å². The van der Waals surface area contributed by atoms with E-state index >= 15 is 0 Å². The lowest BCUT2D eigenvalue weighted by atomic mass is 10.1. The SMILES string of the molecule is CN(C)c1cc(C(=O)NCCc2ccc(F)cc2)cc(Cl)n1. The molecule has 1 aromatic carbocycles. The zero-order chi connectivity index (χ0) is 16.1. The molecule has 0 radical (unpaired) electrons. The molecule has 4 nitrogen and oxygen atoms in total. The van der Waals surface area contributed by atoms with Gasteiger partial charge < -0.3 is 10.2 Å². The highest BCUT2D eigenvalue weighted by molar-refractivity contribution is 6.29. The van der Waals surface area contributed by atoms with Crippen molar-refractivity contribution in [2.24, 2.45) is 0 Å². The van der Waals surface area contributed by atoms with E-state index in [1.807, 2.05) is 14.1 Å². The van der Waals surface area contributed by atoms with Gasteiger partial charge in [-0.3, -0.25) is 4.79 Å². The fourth-order valence-electron chi connectivity index (χ4n) is 1.92. The maximum Gasteiger partial charge on any atom is 0.251 e. The molecule has 1 N–H and O–H groups in total. The molecule has 0 spiro atoms. The third-order valence-electron chi connectivity index (χ3n) is 3.11. The highest BCUT2D eigenvalue weighted by Gasteiger charge is 2.10. The summed E-state index contributed by atoms with van der Waals surface area (Å²) in [7, 11) is 3.66. The van der Waals surface area contributed by atoms with E-state index in [0.717, 1.165) is 5.56 Å². The molecule has 0 saturated carbocycles. The van der Waals surface area contributed by atoms with Crippen molar-refractivity contribution >= 4 is 23.3 Å². The van der Waals surface area contributed by atoms with Crippen LogP contribution in [0.1, 0.15) is 15.9 Å². The van der Waals surface area contributed by atoms with Crippen LogP contribution in [0.5, 0.6) is 0 Å². The molecule has 0 saturated heterocycles. The van der Waals surface area contributed by atoms with Crippen LogP contribution in [0.4, 0.5) is 10.2 Å². The summed E-state index contributed by atoms with van der Waals surface area (Å²) < 4.78 is 12.8. The normalized spacial score (nSPS) is 10.4. The first kappa shape index (κ1) is 16.2. The molecule has 0 aliphatic heterocycles. The molecule has 2 rings (SSSR count). The third-order valence-corrected chi connectivity index (χ3v) is 3.31. The van der Waals surface area contributed by atoms with Gasteiger partial charge in [-0.15, -0.1) is 0 Å². The van der Waals surface area contributed by atoms with E-state index in [1.54, 1.807) is 23.1 Å². The standard InChI is InChI=1S/C16H17ClFN3O/c1-21(2)15-10-12(9-14(17)20-15)16(22)19-8-7-11-3-5-13(18)6-4-11/h3-6,9-10H,7-8H2,1-2H3,(H,19,22). The summed E-state index contributed by atoms with van der Waals surface area (Å²) in [6.07, 6.45) is 0.630. The molecule has 0 aliphatic rings. The van der Waals surface area contributed by atoms with Gasteiger partial charge in [0.05, 0.1) is 0 Å². The Morgan fingerprint density at radius 1 is 1.27 bits per heavy atom. The molecule has 2 aromatic rings. The first-order valence-corrected chi connectivity index (χ1v) is 7.21. The van der Waals surface area contributed by atoms with Gasteiger partial charge in [0, 0.05) is 26.2 Å². The minimum absolute atomic E-state index is 0.213. The average Bonchev–Trinajstić information content (AvgIpc) is 2.48. The van der Waals surface area contributed by atoms with Crippen LogP contribution in [0.15, 0.2) is 36.4 Å². The number of halogens is 2. The molecule has 6 heteroatoms. The summed E-state index contributed by atoms with van der Waals surface area (Å²) in [4.78, 5) is 18.0. The van der Waals surface area contributed by atoms with Crippen molar-refractivity contribution in [3.05, 3.63) is 58.5 Å². The van der Waals surface area contributed by atoms with E-state index in [9.17, 15) is 9.18 Å². The van der Waals surface area contributed by atoms with Gasteiger partial charge in [0.1, 0.15) is 16.8 Å². The van der Waals surface area contributed by atoms with E-state index in [1.165, 1.54) is 18.2 Å². The topological polar surface area (TPSA) is 45.2 Å². The number of amides is 1. The second kappa shape index (κ2) is 7.22. The van der Waals surface area contributed by atoms with E-state index in [-0.39, 0.29) is 16.9 Å². The number of carbonyl (C=O) groups is 1. The van der Waals surface area contributed by atoms with Gasteiger partial charge in [-0.05, 0) is 36.2 Å². The predicted molar refractivity (Wildman–Crippen MR) is 86.0 cm³/mol. The Kier molecular flexibility index (Phi) is 5.33. The largest absolute Gasteiger partial charge is 0.363 e. The highest BCUT2D eigenvalue weighted by atomic mass is 35.5. The zero-order valence-electron chi connectivity index (χ0n) is 12.4. The van der Waals surface area contributed by atoms with Gasteiger partial charge in [-0.1, -0.05) is 23.7 Å². The van der Waals surface area contributed by atoms with Crippen molar-refractivity contribution in [2.75, 3.05) is 25.5 Å². The lowest BCUT2D eigenvalue weighted by Gasteiger charge is -2.13. The lowest BCUT2D eigenvalue weighted by Crippen LogP contribution is -2.26. The molecule has 0 fully saturated rings. The maximum absolute atomic E-state index is 12.8. The van der Waals surface area contributed by atoms with Crippen LogP contribution in [0.2, 0.25) is 5.15 Å². The van der Waals surface area contributed by atoms with Gasteiger partial charge >= 0.3 is 0 Å². The van der Waals surface area contributed by atoms with E-state index in [2.05, 4.69) is 10.3 Å². The van der Waals surface area contributed by atoms with E-state index in [0.29, 0.717) is 24.3 Å². The Morgan fingerprint density at radius 3 is 2.59 bits per heavy atom. The van der Waals surface area contributed by atoms with Gasteiger partial charge in [0.15, 0.2) is 0 Å².